The normalized spacial score (nSPS) is 13.9. The monoisotopic (exact) mass is 496 g/mol. The number of benzene rings is 2. The maximum Gasteiger partial charge on any atom is 0.417 e. The van der Waals surface area contributed by atoms with Crippen molar-refractivity contribution >= 4 is 17.7 Å². The molecule has 1 saturated heterocycles. The van der Waals surface area contributed by atoms with E-state index in [1.54, 1.807) is 12.1 Å². The summed E-state index contributed by atoms with van der Waals surface area (Å²) >= 11 is 0. The number of nitrogens with one attached hydrogen (secondary N) is 1. The first-order valence-electron chi connectivity index (χ1n) is 11.3. The molecule has 3 amide bonds. The number of pyridine rings is 1. The first-order chi connectivity index (χ1) is 17.2. The summed E-state index contributed by atoms with van der Waals surface area (Å²) in [6.07, 6.45) is -2.78. The highest BCUT2D eigenvalue weighted by atomic mass is 19.4. The summed E-state index contributed by atoms with van der Waals surface area (Å²) in [4.78, 5) is 44.1. The maximum absolute atomic E-state index is 13.2. The number of aromatic nitrogens is 1. The van der Waals surface area contributed by atoms with Gasteiger partial charge in [0.2, 0.25) is 5.91 Å². The summed E-state index contributed by atoms with van der Waals surface area (Å²) < 4.78 is 39.7. The Morgan fingerprint density at radius 2 is 1.44 bits per heavy atom. The van der Waals surface area contributed by atoms with Crippen LogP contribution in [-0.4, -0.2) is 65.2 Å². The van der Waals surface area contributed by atoms with Crippen LogP contribution in [0.4, 0.5) is 13.2 Å². The number of carbonyl (C=O) groups is 3. The molecule has 1 aromatic heterocycles. The third kappa shape index (κ3) is 5.70. The predicted molar refractivity (Wildman–Crippen MR) is 126 cm³/mol. The molecule has 0 radical (unpaired) electrons. The SMILES string of the molecule is O=C(NCC(=O)N1CCN(C(=O)c2cnccc2C(F)(F)F)CC1)c1ccc(-c2ccccc2)cc1. The molecule has 1 aliphatic heterocycles. The fourth-order valence-electron chi connectivity index (χ4n) is 3.96. The Labute approximate surface area is 205 Å². The highest BCUT2D eigenvalue weighted by molar-refractivity contribution is 5.97. The van der Waals surface area contributed by atoms with Gasteiger partial charge in [0.1, 0.15) is 0 Å². The number of hydrogen-bond acceptors (Lipinski definition) is 4. The number of alkyl halides is 3. The zero-order valence-electron chi connectivity index (χ0n) is 19.2. The predicted octanol–water partition coefficient (Wildman–Crippen LogP) is 3.48. The minimum Gasteiger partial charge on any atom is -0.343 e. The molecule has 1 N–H and O–H groups in total. The highest BCUT2D eigenvalue weighted by Crippen LogP contribution is 2.32. The molecular formula is C26H23F3N4O3. The van der Waals surface area contributed by atoms with Gasteiger partial charge in [0.05, 0.1) is 17.7 Å². The Kier molecular flexibility index (Phi) is 7.33. The first-order valence-corrected chi connectivity index (χ1v) is 11.3. The van der Waals surface area contributed by atoms with Crippen LogP contribution in [0.15, 0.2) is 73.1 Å². The minimum atomic E-state index is -4.67. The fourth-order valence-corrected chi connectivity index (χ4v) is 3.96. The van der Waals surface area contributed by atoms with Gasteiger partial charge in [-0.05, 0) is 29.3 Å². The van der Waals surface area contributed by atoms with Gasteiger partial charge >= 0.3 is 6.18 Å². The van der Waals surface area contributed by atoms with E-state index in [-0.39, 0.29) is 38.6 Å². The van der Waals surface area contributed by atoms with Gasteiger partial charge in [0.25, 0.3) is 11.8 Å². The van der Waals surface area contributed by atoms with Crippen molar-refractivity contribution in [1.29, 1.82) is 0 Å². The van der Waals surface area contributed by atoms with E-state index in [9.17, 15) is 27.6 Å². The Morgan fingerprint density at radius 3 is 2.08 bits per heavy atom. The van der Waals surface area contributed by atoms with E-state index in [0.717, 1.165) is 29.6 Å². The molecule has 0 atom stereocenters. The van der Waals surface area contributed by atoms with E-state index < -0.39 is 29.1 Å². The second-order valence-electron chi connectivity index (χ2n) is 8.22. The second kappa shape index (κ2) is 10.6. The van der Waals surface area contributed by atoms with Crippen LogP contribution >= 0.6 is 0 Å². The van der Waals surface area contributed by atoms with Crippen molar-refractivity contribution in [3.05, 3.63) is 89.7 Å². The number of rotatable bonds is 5. The van der Waals surface area contributed by atoms with Crippen molar-refractivity contribution in [3.8, 4) is 11.1 Å². The largest absolute Gasteiger partial charge is 0.417 e. The summed E-state index contributed by atoms with van der Waals surface area (Å²) in [6, 6.07) is 17.5. The molecule has 0 aliphatic carbocycles. The molecule has 0 bridgehead atoms. The highest BCUT2D eigenvalue weighted by Gasteiger charge is 2.37. The van der Waals surface area contributed by atoms with Crippen LogP contribution in [0.5, 0.6) is 0 Å². The minimum absolute atomic E-state index is 0.0751. The van der Waals surface area contributed by atoms with Crippen molar-refractivity contribution in [1.82, 2.24) is 20.1 Å². The summed E-state index contributed by atoms with van der Waals surface area (Å²) in [5.74, 6) is -1.52. The Balaban J connectivity index is 1.28. The van der Waals surface area contributed by atoms with Gasteiger partial charge in [-0.3, -0.25) is 19.4 Å². The number of amides is 3. The maximum atomic E-state index is 13.2. The van der Waals surface area contributed by atoms with Crippen LogP contribution in [0, 0.1) is 0 Å². The smallest absolute Gasteiger partial charge is 0.343 e. The molecular weight excluding hydrogens is 473 g/mol. The van der Waals surface area contributed by atoms with Gasteiger partial charge in [-0.15, -0.1) is 0 Å². The third-order valence-corrected chi connectivity index (χ3v) is 5.93. The molecule has 1 fully saturated rings. The fraction of sp³-hybridized carbons (Fsp3) is 0.231. The topological polar surface area (TPSA) is 82.6 Å². The molecule has 2 heterocycles. The average Bonchev–Trinajstić information content (AvgIpc) is 2.91. The first kappa shape index (κ1) is 24.9. The van der Waals surface area contributed by atoms with E-state index in [1.165, 1.54) is 9.80 Å². The lowest BCUT2D eigenvalue weighted by Crippen LogP contribution is -2.52. The van der Waals surface area contributed by atoms with Crippen molar-refractivity contribution < 1.29 is 27.6 Å². The number of hydrogen-bond donors (Lipinski definition) is 1. The van der Waals surface area contributed by atoms with E-state index in [0.29, 0.717) is 5.56 Å². The van der Waals surface area contributed by atoms with Gasteiger partial charge in [0.15, 0.2) is 0 Å². The van der Waals surface area contributed by atoms with Crippen LogP contribution in [0.1, 0.15) is 26.3 Å². The van der Waals surface area contributed by atoms with Gasteiger partial charge in [-0.1, -0.05) is 42.5 Å². The zero-order chi connectivity index (χ0) is 25.7. The lowest BCUT2D eigenvalue weighted by Gasteiger charge is -2.35. The number of halogens is 3. The van der Waals surface area contributed by atoms with Crippen molar-refractivity contribution in [3.63, 3.8) is 0 Å². The van der Waals surface area contributed by atoms with Crippen LogP contribution in [0.25, 0.3) is 11.1 Å². The lowest BCUT2D eigenvalue weighted by atomic mass is 10.0. The van der Waals surface area contributed by atoms with Gasteiger partial charge < -0.3 is 15.1 Å². The van der Waals surface area contributed by atoms with Crippen molar-refractivity contribution in [2.24, 2.45) is 0 Å². The third-order valence-electron chi connectivity index (χ3n) is 5.93. The van der Waals surface area contributed by atoms with E-state index in [1.807, 2.05) is 42.5 Å². The second-order valence-corrected chi connectivity index (χ2v) is 8.22. The average molecular weight is 496 g/mol. The number of carbonyl (C=O) groups excluding carboxylic acids is 3. The number of piperazine rings is 1. The van der Waals surface area contributed by atoms with Crippen LogP contribution in [0.3, 0.4) is 0 Å². The van der Waals surface area contributed by atoms with Crippen LogP contribution < -0.4 is 5.32 Å². The Hall–Kier alpha value is -4.21. The molecule has 10 heteroatoms. The van der Waals surface area contributed by atoms with Crippen molar-refractivity contribution in [2.45, 2.75) is 6.18 Å². The summed E-state index contributed by atoms with van der Waals surface area (Å²) in [5, 5.41) is 2.60. The van der Waals surface area contributed by atoms with Crippen molar-refractivity contribution in [2.75, 3.05) is 32.7 Å². The lowest BCUT2D eigenvalue weighted by molar-refractivity contribution is -0.138. The number of nitrogens with zero attached hydrogens (tertiary/aromatic N) is 3. The van der Waals surface area contributed by atoms with Gasteiger partial charge in [-0.2, -0.15) is 13.2 Å². The standard InChI is InChI=1S/C26H23F3N4O3/c27-26(28,29)22-10-11-30-16-21(22)25(36)33-14-12-32(13-15-33)23(34)17-31-24(35)20-8-6-19(7-9-20)18-4-2-1-3-5-18/h1-11,16H,12-15,17H2,(H,31,35). The van der Waals surface area contributed by atoms with E-state index in [2.05, 4.69) is 10.3 Å². The summed E-state index contributed by atoms with van der Waals surface area (Å²) in [7, 11) is 0. The molecule has 7 nitrogen and oxygen atoms in total. The summed E-state index contributed by atoms with van der Waals surface area (Å²) in [5.41, 5.74) is 0.838. The van der Waals surface area contributed by atoms with Crippen LogP contribution in [0.2, 0.25) is 0 Å². The summed E-state index contributed by atoms with van der Waals surface area (Å²) in [6.45, 7) is 0.215. The zero-order valence-corrected chi connectivity index (χ0v) is 19.2. The van der Waals surface area contributed by atoms with Crippen LogP contribution in [-0.2, 0) is 11.0 Å². The van der Waals surface area contributed by atoms with Gasteiger partial charge in [0, 0.05) is 44.1 Å². The molecule has 1 aliphatic rings. The van der Waals surface area contributed by atoms with E-state index in [4.69, 9.17) is 0 Å². The van der Waals surface area contributed by atoms with E-state index >= 15 is 0 Å². The Bertz CT molecular complexity index is 1240. The quantitative estimate of drug-likeness (QED) is 0.587. The Morgan fingerprint density at radius 1 is 0.833 bits per heavy atom. The molecule has 0 unspecified atom stereocenters. The molecule has 3 aromatic rings. The molecule has 36 heavy (non-hydrogen) atoms. The molecule has 2 aromatic carbocycles. The molecule has 4 rings (SSSR count). The van der Waals surface area contributed by atoms with Gasteiger partial charge in [-0.25, -0.2) is 0 Å². The molecule has 0 spiro atoms. The molecule has 0 saturated carbocycles. The molecule has 186 valence electrons.